The monoisotopic (exact) mass is 243 g/mol. The molecule has 0 amide bonds. The molecule has 13 heavy (non-hydrogen) atoms. The molecule has 2 nitrogen and oxygen atoms in total. The third-order valence-corrected chi connectivity index (χ3v) is 3.31. The van der Waals surface area contributed by atoms with Crippen LogP contribution in [0, 0.1) is 13.8 Å². The van der Waals surface area contributed by atoms with E-state index >= 15 is 0 Å². The molecular formula is C10H14BrNO. The number of halogens is 1. The fourth-order valence-corrected chi connectivity index (χ4v) is 1.67. The molecule has 72 valence electrons. The lowest BCUT2D eigenvalue weighted by molar-refractivity contribution is -0.0733. The summed E-state index contributed by atoms with van der Waals surface area (Å²) in [5.74, 6) is 0. The molecule has 0 aliphatic rings. The maximum absolute atomic E-state index is 9.11. The summed E-state index contributed by atoms with van der Waals surface area (Å²) < 4.78 is 1.13. The highest BCUT2D eigenvalue weighted by molar-refractivity contribution is 9.10. The fraction of sp³-hybridized carbons (Fsp3) is 0.400. The predicted octanol–water partition coefficient (Wildman–Crippen LogP) is 2.89. The van der Waals surface area contributed by atoms with E-state index in [1.165, 1.54) is 16.2 Å². The Morgan fingerprint density at radius 3 is 2.54 bits per heavy atom. The Hall–Kier alpha value is -0.380. The quantitative estimate of drug-likeness (QED) is 0.808. The summed E-state index contributed by atoms with van der Waals surface area (Å²) >= 11 is 3.52. The van der Waals surface area contributed by atoms with Crippen molar-refractivity contribution in [2.24, 2.45) is 0 Å². The first-order valence-corrected chi connectivity index (χ1v) is 4.96. The molecule has 0 fully saturated rings. The Bertz CT molecular complexity index is 310. The smallest absolute Gasteiger partial charge is 0.0488 e. The average Bonchev–Trinajstić information content (AvgIpc) is 2.06. The molecule has 0 atom stereocenters. The number of rotatable bonds is 2. The van der Waals surface area contributed by atoms with Crippen LogP contribution in [0.1, 0.15) is 16.7 Å². The van der Waals surface area contributed by atoms with Crippen LogP contribution in [-0.2, 0) is 6.54 Å². The van der Waals surface area contributed by atoms with Crippen LogP contribution in [-0.4, -0.2) is 17.3 Å². The highest BCUT2D eigenvalue weighted by atomic mass is 79.9. The van der Waals surface area contributed by atoms with Gasteiger partial charge in [-0.05, 0) is 30.5 Å². The molecule has 0 spiro atoms. The molecule has 0 aliphatic carbocycles. The van der Waals surface area contributed by atoms with Gasteiger partial charge in [0.25, 0.3) is 0 Å². The molecule has 1 N–H and O–H groups in total. The van der Waals surface area contributed by atoms with Gasteiger partial charge in [0.05, 0.1) is 0 Å². The number of aryl methyl sites for hydroxylation is 1. The van der Waals surface area contributed by atoms with E-state index < -0.39 is 0 Å². The Morgan fingerprint density at radius 1 is 1.38 bits per heavy atom. The van der Waals surface area contributed by atoms with Crippen molar-refractivity contribution in [1.29, 1.82) is 0 Å². The topological polar surface area (TPSA) is 23.5 Å². The molecular weight excluding hydrogens is 230 g/mol. The maximum Gasteiger partial charge on any atom is 0.0488 e. The van der Waals surface area contributed by atoms with Crippen molar-refractivity contribution in [3.8, 4) is 0 Å². The third-order valence-electron chi connectivity index (χ3n) is 2.09. The van der Waals surface area contributed by atoms with Crippen molar-refractivity contribution in [2.45, 2.75) is 20.4 Å². The van der Waals surface area contributed by atoms with Crippen molar-refractivity contribution >= 4 is 15.9 Å². The van der Waals surface area contributed by atoms with Crippen molar-refractivity contribution < 1.29 is 5.21 Å². The molecule has 0 aliphatic heterocycles. The van der Waals surface area contributed by atoms with E-state index in [0.29, 0.717) is 6.54 Å². The van der Waals surface area contributed by atoms with E-state index in [2.05, 4.69) is 35.8 Å². The Labute approximate surface area is 87.3 Å². The van der Waals surface area contributed by atoms with Crippen LogP contribution in [0.3, 0.4) is 0 Å². The zero-order chi connectivity index (χ0) is 10.0. The summed E-state index contributed by atoms with van der Waals surface area (Å²) in [6.45, 7) is 4.67. The van der Waals surface area contributed by atoms with Gasteiger partial charge in [0, 0.05) is 18.1 Å². The second-order valence-corrected chi connectivity index (χ2v) is 4.09. The lowest BCUT2D eigenvalue weighted by Gasteiger charge is -2.13. The number of hydrogen-bond donors (Lipinski definition) is 1. The minimum Gasteiger partial charge on any atom is -0.314 e. The summed E-state index contributed by atoms with van der Waals surface area (Å²) in [5.41, 5.74) is 3.56. The Morgan fingerprint density at radius 2 is 2.00 bits per heavy atom. The first kappa shape index (κ1) is 10.7. The second-order valence-electron chi connectivity index (χ2n) is 3.30. The summed E-state index contributed by atoms with van der Waals surface area (Å²) in [7, 11) is 1.65. The normalized spacial score (nSPS) is 10.9. The van der Waals surface area contributed by atoms with E-state index in [9.17, 15) is 0 Å². The van der Waals surface area contributed by atoms with E-state index in [4.69, 9.17) is 5.21 Å². The molecule has 0 saturated heterocycles. The summed E-state index contributed by atoms with van der Waals surface area (Å²) in [6.07, 6.45) is 0. The van der Waals surface area contributed by atoms with E-state index in [-0.39, 0.29) is 0 Å². The van der Waals surface area contributed by atoms with Gasteiger partial charge in [0.1, 0.15) is 0 Å². The number of benzene rings is 1. The second kappa shape index (κ2) is 4.22. The van der Waals surface area contributed by atoms with Gasteiger partial charge < -0.3 is 5.21 Å². The van der Waals surface area contributed by atoms with Gasteiger partial charge in [0.15, 0.2) is 0 Å². The predicted molar refractivity (Wildman–Crippen MR) is 56.9 cm³/mol. The number of hydrogen-bond acceptors (Lipinski definition) is 2. The number of hydroxylamine groups is 2. The van der Waals surface area contributed by atoms with Crippen molar-refractivity contribution in [2.75, 3.05) is 7.05 Å². The van der Waals surface area contributed by atoms with Crippen LogP contribution in [0.2, 0.25) is 0 Å². The molecule has 0 saturated carbocycles. The standard InChI is InChI=1S/C10H14BrNO/c1-7-4-5-9(6-12(3)13)8(2)10(7)11/h4-5,13H,6H2,1-3H3. The highest BCUT2D eigenvalue weighted by Gasteiger charge is 2.05. The molecule has 1 rings (SSSR count). The van der Waals surface area contributed by atoms with Crippen LogP contribution < -0.4 is 0 Å². The molecule has 0 unspecified atom stereocenters. The molecule has 1 aromatic carbocycles. The van der Waals surface area contributed by atoms with Crippen LogP contribution in [0.5, 0.6) is 0 Å². The molecule has 0 aromatic heterocycles. The average molecular weight is 244 g/mol. The largest absolute Gasteiger partial charge is 0.314 e. The van der Waals surface area contributed by atoms with Crippen LogP contribution in [0.15, 0.2) is 16.6 Å². The highest BCUT2D eigenvalue weighted by Crippen LogP contribution is 2.24. The fourth-order valence-electron chi connectivity index (χ4n) is 1.28. The van der Waals surface area contributed by atoms with Crippen molar-refractivity contribution in [3.63, 3.8) is 0 Å². The first-order chi connectivity index (χ1) is 6.02. The van der Waals surface area contributed by atoms with Gasteiger partial charge in [-0.1, -0.05) is 28.1 Å². The van der Waals surface area contributed by atoms with Gasteiger partial charge in [-0.2, -0.15) is 5.06 Å². The molecule has 0 radical (unpaired) electrons. The molecule has 0 heterocycles. The SMILES string of the molecule is Cc1ccc(CN(C)O)c(C)c1Br. The lowest BCUT2D eigenvalue weighted by Crippen LogP contribution is -2.12. The van der Waals surface area contributed by atoms with E-state index in [1.54, 1.807) is 7.05 Å². The molecule has 1 aromatic rings. The zero-order valence-electron chi connectivity index (χ0n) is 8.13. The maximum atomic E-state index is 9.11. The van der Waals surface area contributed by atoms with Crippen LogP contribution in [0.25, 0.3) is 0 Å². The van der Waals surface area contributed by atoms with Gasteiger partial charge in [0.2, 0.25) is 0 Å². The summed E-state index contributed by atoms with van der Waals surface area (Å²) in [4.78, 5) is 0. The van der Waals surface area contributed by atoms with Gasteiger partial charge in [-0.3, -0.25) is 0 Å². The van der Waals surface area contributed by atoms with Gasteiger partial charge in [-0.25, -0.2) is 0 Å². The van der Waals surface area contributed by atoms with E-state index in [1.807, 2.05) is 6.07 Å². The van der Waals surface area contributed by atoms with Crippen molar-refractivity contribution in [3.05, 3.63) is 33.3 Å². The van der Waals surface area contributed by atoms with Crippen LogP contribution >= 0.6 is 15.9 Å². The minimum atomic E-state index is 0.560. The molecule has 0 bridgehead atoms. The van der Waals surface area contributed by atoms with Crippen molar-refractivity contribution in [1.82, 2.24) is 5.06 Å². The molecule has 3 heteroatoms. The first-order valence-electron chi connectivity index (χ1n) is 4.17. The Kier molecular flexibility index (Phi) is 3.47. The third kappa shape index (κ3) is 2.53. The van der Waals surface area contributed by atoms with Gasteiger partial charge in [-0.15, -0.1) is 0 Å². The Balaban J connectivity index is 3.04. The zero-order valence-corrected chi connectivity index (χ0v) is 9.72. The lowest BCUT2D eigenvalue weighted by atomic mass is 10.1. The van der Waals surface area contributed by atoms with E-state index in [0.717, 1.165) is 10.0 Å². The summed E-state index contributed by atoms with van der Waals surface area (Å²) in [5, 5.41) is 10.3. The number of nitrogens with zero attached hydrogens (tertiary/aromatic N) is 1. The van der Waals surface area contributed by atoms with Crippen LogP contribution in [0.4, 0.5) is 0 Å². The minimum absolute atomic E-state index is 0.560. The van der Waals surface area contributed by atoms with Gasteiger partial charge >= 0.3 is 0 Å². The summed E-state index contributed by atoms with van der Waals surface area (Å²) in [6, 6.07) is 4.10.